The van der Waals surface area contributed by atoms with Crippen LogP contribution in [0.25, 0.3) is 11.1 Å². The van der Waals surface area contributed by atoms with Gasteiger partial charge in [-0.1, -0.05) is 54.1 Å². The molecule has 3 heteroatoms. The van der Waals surface area contributed by atoms with Crippen molar-refractivity contribution in [3.63, 3.8) is 0 Å². The molecular formula is C17H22O2Si. The molecule has 0 N–H and O–H groups in total. The summed E-state index contributed by atoms with van der Waals surface area (Å²) in [6.07, 6.45) is 0. The van der Waals surface area contributed by atoms with Gasteiger partial charge in [0.05, 0.1) is 0 Å². The fourth-order valence-corrected chi connectivity index (χ4v) is 4.07. The average Bonchev–Trinajstić information content (AvgIpc) is 2.48. The SMILES string of the molecule is CCO[SiH](OCC)c1ccccc1-c1ccc(C)cc1. The Balaban J connectivity index is 2.40. The van der Waals surface area contributed by atoms with E-state index in [1.807, 2.05) is 13.8 Å². The number of hydrogen-bond donors (Lipinski definition) is 0. The van der Waals surface area contributed by atoms with E-state index in [0.29, 0.717) is 13.2 Å². The highest BCUT2D eigenvalue weighted by Crippen LogP contribution is 2.18. The minimum atomic E-state index is -1.81. The van der Waals surface area contributed by atoms with Crippen LogP contribution in [0.4, 0.5) is 0 Å². The van der Waals surface area contributed by atoms with Crippen LogP contribution in [0.3, 0.4) is 0 Å². The van der Waals surface area contributed by atoms with Crippen LogP contribution < -0.4 is 5.19 Å². The fourth-order valence-electron chi connectivity index (χ4n) is 2.23. The molecule has 0 aliphatic heterocycles. The standard InChI is InChI=1S/C17H22O2Si/c1-4-18-20(19-5-2)17-9-7-6-8-16(17)15-12-10-14(3)11-13-15/h6-13,20H,4-5H2,1-3H3. The second kappa shape index (κ2) is 7.38. The molecule has 0 aromatic heterocycles. The summed E-state index contributed by atoms with van der Waals surface area (Å²) in [4.78, 5) is 0. The topological polar surface area (TPSA) is 18.5 Å². The summed E-state index contributed by atoms with van der Waals surface area (Å²) in [5.74, 6) is 0. The normalized spacial score (nSPS) is 11.0. The quantitative estimate of drug-likeness (QED) is 0.759. The van der Waals surface area contributed by atoms with Crippen LogP contribution in [-0.4, -0.2) is 22.5 Å². The van der Waals surface area contributed by atoms with Crippen LogP contribution >= 0.6 is 0 Å². The van der Waals surface area contributed by atoms with Crippen molar-refractivity contribution in [1.82, 2.24) is 0 Å². The second-order valence-corrected chi connectivity index (χ2v) is 6.65. The van der Waals surface area contributed by atoms with Gasteiger partial charge in [0.15, 0.2) is 0 Å². The van der Waals surface area contributed by atoms with Crippen molar-refractivity contribution in [1.29, 1.82) is 0 Å². The highest BCUT2D eigenvalue weighted by Gasteiger charge is 2.19. The lowest BCUT2D eigenvalue weighted by molar-refractivity contribution is 0.225. The van der Waals surface area contributed by atoms with Gasteiger partial charge in [-0.3, -0.25) is 0 Å². The van der Waals surface area contributed by atoms with Crippen LogP contribution in [0, 0.1) is 6.92 Å². The average molecular weight is 286 g/mol. The van der Waals surface area contributed by atoms with Crippen molar-refractivity contribution in [2.75, 3.05) is 13.2 Å². The summed E-state index contributed by atoms with van der Waals surface area (Å²) >= 11 is 0. The summed E-state index contributed by atoms with van der Waals surface area (Å²) < 4.78 is 11.7. The Morgan fingerprint density at radius 2 is 1.45 bits per heavy atom. The molecule has 0 atom stereocenters. The monoisotopic (exact) mass is 286 g/mol. The molecule has 0 fully saturated rings. The van der Waals surface area contributed by atoms with Gasteiger partial charge in [-0.2, -0.15) is 0 Å². The molecule has 0 aliphatic carbocycles. The van der Waals surface area contributed by atoms with Gasteiger partial charge in [-0.15, -0.1) is 0 Å². The summed E-state index contributed by atoms with van der Waals surface area (Å²) in [7, 11) is -1.81. The molecule has 0 saturated carbocycles. The van der Waals surface area contributed by atoms with E-state index >= 15 is 0 Å². The Hall–Kier alpha value is -1.42. The van der Waals surface area contributed by atoms with Crippen molar-refractivity contribution >= 4 is 14.5 Å². The molecule has 0 amide bonds. The van der Waals surface area contributed by atoms with Crippen molar-refractivity contribution in [3.8, 4) is 11.1 Å². The molecule has 0 bridgehead atoms. The van der Waals surface area contributed by atoms with Gasteiger partial charge < -0.3 is 8.85 Å². The predicted octanol–water partition coefficient (Wildman–Crippen LogP) is 3.16. The minimum Gasteiger partial charge on any atom is -0.394 e. The van der Waals surface area contributed by atoms with Gasteiger partial charge in [-0.05, 0) is 37.1 Å². The largest absolute Gasteiger partial charge is 0.394 e. The molecule has 0 radical (unpaired) electrons. The minimum absolute atomic E-state index is 0.694. The Labute approximate surface area is 123 Å². The third kappa shape index (κ3) is 3.57. The molecule has 0 unspecified atom stereocenters. The van der Waals surface area contributed by atoms with Gasteiger partial charge in [0.1, 0.15) is 0 Å². The van der Waals surface area contributed by atoms with E-state index < -0.39 is 9.28 Å². The lowest BCUT2D eigenvalue weighted by Crippen LogP contribution is -2.38. The first-order chi connectivity index (χ1) is 9.76. The smallest absolute Gasteiger partial charge is 0.356 e. The number of benzene rings is 2. The number of hydrogen-bond acceptors (Lipinski definition) is 2. The second-order valence-electron chi connectivity index (χ2n) is 4.70. The maximum absolute atomic E-state index is 5.87. The number of rotatable bonds is 6. The van der Waals surface area contributed by atoms with Gasteiger partial charge in [-0.25, -0.2) is 0 Å². The maximum atomic E-state index is 5.87. The molecule has 2 rings (SSSR count). The Bertz CT molecular complexity index is 531. The summed E-state index contributed by atoms with van der Waals surface area (Å²) in [5, 5.41) is 1.22. The zero-order chi connectivity index (χ0) is 14.4. The molecule has 2 nitrogen and oxygen atoms in total. The fraction of sp³-hybridized carbons (Fsp3) is 0.294. The lowest BCUT2D eigenvalue weighted by Gasteiger charge is -2.18. The van der Waals surface area contributed by atoms with E-state index in [1.165, 1.54) is 21.9 Å². The zero-order valence-electron chi connectivity index (χ0n) is 12.4. The van der Waals surface area contributed by atoms with Crippen molar-refractivity contribution in [3.05, 3.63) is 54.1 Å². The van der Waals surface area contributed by atoms with Crippen molar-refractivity contribution in [2.24, 2.45) is 0 Å². The van der Waals surface area contributed by atoms with Gasteiger partial charge >= 0.3 is 9.28 Å². The molecule has 0 spiro atoms. The van der Waals surface area contributed by atoms with Crippen LogP contribution in [0.2, 0.25) is 0 Å². The molecule has 20 heavy (non-hydrogen) atoms. The highest BCUT2D eigenvalue weighted by atomic mass is 28.3. The third-order valence-corrected chi connectivity index (χ3v) is 5.50. The summed E-state index contributed by atoms with van der Waals surface area (Å²) in [6, 6.07) is 17.0. The van der Waals surface area contributed by atoms with E-state index in [2.05, 4.69) is 55.5 Å². The molecule has 0 saturated heterocycles. The molecule has 2 aromatic carbocycles. The van der Waals surface area contributed by atoms with E-state index in [9.17, 15) is 0 Å². The molecule has 2 aromatic rings. The Morgan fingerprint density at radius 3 is 2.05 bits per heavy atom. The Morgan fingerprint density at radius 1 is 0.850 bits per heavy atom. The maximum Gasteiger partial charge on any atom is 0.356 e. The van der Waals surface area contributed by atoms with Gasteiger partial charge in [0.25, 0.3) is 0 Å². The number of aryl methyl sites for hydroxylation is 1. The first kappa shape index (κ1) is 15.0. The third-order valence-electron chi connectivity index (χ3n) is 3.21. The zero-order valence-corrected chi connectivity index (χ0v) is 13.6. The molecule has 0 aliphatic rings. The van der Waals surface area contributed by atoms with Gasteiger partial charge in [0, 0.05) is 13.2 Å². The van der Waals surface area contributed by atoms with E-state index in [4.69, 9.17) is 8.85 Å². The van der Waals surface area contributed by atoms with Crippen LogP contribution in [0.5, 0.6) is 0 Å². The first-order valence-electron chi connectivity index (χ1n) is 7.15. The molecular weight excluding hydrogens is 264 g/mol. The summed E-state index contributed by atoms with van der Waals surface area (Å²) in [5.41, 5.74) is 3.73. The molecule has 106 valence electrons. The van der Waals surface area contributed by atoms with Crippen molar-refractivity contribution < 1.29 is 8.85 Å². The van der Waals surface area contributed by atoms with Crippen LogP contribution in [0.1, 0.15) is 19.4 Å². The van der Waals surface area contributed by atoms with E-state index in [1.54, 1.807) is 0 Å². The van der Waals surface area contributed by atoms with Crippen molar-refractivity contribution in [2.45, 2.75) is 20.8 Å². The van der Waals surface area contributed by atoms with E-state index in [0.717, 1.165) is 0 Å². The predicted molar refractivity (Wildman–Crippen MR) is 86.7 cm³/mol. The first-order valence-corrected chi connectivity index (χ1v) is 8.67. The van der Waals surface area contributed by atoms with Crippen LogP contribution in [-0.2, 0) is 8.85 Å². The lowest BCUT2D eigenvalue weighted by atomic mass is 10.0. The van der Waals surface area contributed by atoms with Crippen LogP contribution in [0.15, 0.2) is 48.5 Å². The Kier molecular flexibility index (Phi) is 5.53. The molecule has 0 heterocycles. The summed E-state index contributed by atoms with van der Waals surface area (Å²) in [6.45, 7) is 7.53. The van der Waals surface area contributed by atoms with Gasteiger partial charge in [0.2, 0.25) is 0 Å². The highest BCUT2D eigenvalue weighted by molar-refractivity contribution is 6.63. The van der Waals surface area contributed by atoms with E-state index in [-0.39, 0.29) is 0 Å².